The third-order valence-corrected chi connectivity index (χ3v) is 7.89. The number of hydrogen-bond acceptors (Lipinski definition) is 4. The molecule has 9 aromatic rings. The van der Waals surface area contributed by atoms with E-state index in [2.05, 4.69) is 99.0 Å². The summed E-state index contributed by atoms with van der Waals surface area (Å²) in [5.74, 6) is 0.839. The molecule has 0 saturated carbocycles. The topological polar surface area (TPSA) is 61.4 Å². The van der Waals surface area contributed by atoms with Gasteiger partial charge in [-0.1, -0.05) is 66.7 Å². The van der Waals surface area contributed by atoms with E-state index in [-0.39, 0.29) is 0 Å². The Balaban J connectivity index is 1.67. The highest BCUT2D eigenvalue weighted by Gasteiger charge is 2.26. The van der Waals surface area contributed by atoms with Crippen molar-refractivity contribution in [1.29, 1.82) is 0 Å². The zero-order valence-corrected chi connectivity index (χ0v) is 21.2. The van der Waals surface area contributed by atoms with Crippen molar-refractivity contribution in [2.24, 2.45) is 0 Å². The van der Waals surface area contributed by atoms with Crippen LogP contribution in [-0.4, -0.2) is 29.1 Å². The van der Waals surface area contributed by atoms with Crippen molar-refractivity contribution >= 4 is 65.5 Å². The SMILES string of the molecule is c1ccc(-n2c3ccccc3c3c4nccnc4c4c5ccccc5n(-c5ncnc6ccccc56)c4c32)cc1. The maximum Gasteiger partial charge on any atom is 0.149 e. The fraction of sp³-hybridized carbons (Fsp3) is 0. The van der Waals surface area contributed by atoms with Gasteiger partial charge in [0.25, 0.3) is 0 Å². The Labute approximate surface area is 227 Å². The van der Waals surface area contributed by atoms with E-state index in [1.165, 1.54) is 0 Å². The van der Waals surface area contributed by atoms with Gasteiger partial charge in [0.05, 0.1) is 38.6 Å². The zero-order valence-electron chi connectivity index (χ0n) is 21.2. The molecule has 0 aliphatic carbocycles. The minimum absolute atomic E-state index is 0.839. The van der Waals surface area contributed by atoms with Gasteiger partial charge in [0.15, 0.2) is 0 Å². The van der Waals surface area contributed by atoms with Crippen LogP contribution < -0.4 is 0 Å². The molecule has 4 aromatic heterocycles. The van der Waals surface area contributed by atoms with Gasteiger partial charge in [0, 0.05) is 45.0 Å². The second kappa shape index (κ2) is 7.94. The van der Waals surface area contributed by atoms with Gasteiger partial charge < -0.3 is 4.57 Å². The van der Waals surface area contributed by atoms with E-state index in [9.17, 15) is 0 Å². The van der Waals surface area contributed by atoms with E-state index in [4.69, 9.17) is 15.0 Å². The van der Waals surface area contributed by atoms with E-state index >= 15 is 0 Å². The van der Waals surface area contributed by atoms with E-state index in [0.717, 1.165) is 77.1 Å². The number of hydrogen-bond donors (Lipinski definition) is 0. The van der Waals surface area contributed by atoms with Crippen molar-refractivity contribution in [3.8, 4) is 11.5 Å². The second-order valence-corrected chi connectivity index (χ2v) is 9.96. The molecule has 0 aliphatic heterocycles. The summed E-state index contributed by atoms with van der Waals surface area (Å²) in [7, 11) is 0. The molecule has 6 nitrogen and oxygen atoms in total. The maximum atomic E-state index is 4.95. The van der Waals surface area contributed by atoms with Gasteiger partial charge in [-0.05, 0) is 36.4 Å². The predicted octanol–water partition coefficient (Wildman–Crippen LogP) is 7.77. The van der Waals surface area contributed by atoms with Crippen LogP contribution in [0.1, 0.15) is 0 Å². The predicted molar refractivity (Wildman–Crippen MR) is 161 cm³/mol. The van der Waals surface area contributed by atoms with Crippen LogP contribution in [0.25, 0.3) is 77.1 Å². The average molecular weight is 513 g/mol. The molecule has 0 fully saturated rings. The normalized spacial score (nSPS) is 12.0. The van der Waals surface area contributed by atoms with Gasteiger partial charge >= 0.3 is 0 Å². The quantitative estimate of drug-likeness (QED) is 0.237. The first-order valence-electron chi connectivity index (χ1n) is 13.2. The molecule has 186 valence electrons. The minimum atomic E-state index is 0.839. The smallest absolute Gasteiger partial charge is 0.149 e. The minimum Gasteiger partial charge on any atom is -0.307 e. The number of benzene rings is 5. The van der Waals surface area contributed by atoms with Crippen molar-refractivity contribution in [3.05, 3.63) is 122 Å². The van der Waals surface area contributed by atoms with E-state index in [1.807, 2.05) is 18.2 Å². The number of fused-ring (bicyclic) bond motifs is 11. The number of aromatic nitrogens is 6. The highest BCUT2D eigenvalue weighted by Crippen LogP contribution is 2.45. The Hall–Kier alpha value is -5.62. The number of nitrogens with zero attached hydrogens (tertiary/aromatic N) is 6. The average Bonchev–Trinajstić information content (AvgIpc) is 3.55. The van der Waals surface area contributed by atoms with E-state index < -0.39 is 0 Å². The molecular weight excluding hydrogens is 492 g/mol. The molecule has 40 heavy (non-hydrogen) atoms. The summed E-state index contributed by atoms with van der Waals surface area (Å²) in [6, 6.07) is 35.8. The van der Waals surface area contributed by atoms with Crippen LogP contribution in [-0.2, 0) is 0 Å². The van der Waals surface area contributed by atoms with Gasteiger partial charge in [0.2, 0.25) is 0 Å². The Morgan fingerprint density at radius 1 is 0.450 bits per heavy atom. The Kier molecular flexibility index (Phi) is 4.24. The molecule has 0 N–H and O–H groups in total. The van der Waals surface area contributed by atoms with Gasteiger partial charge in [-0.25, -0.2) is 9.97 Å². The van der Waals surface area contributed by atoms with Crippen LogP contribution in [0.2, 0.25) is 0 Å². The lowest BCUT2D eigenvalue weighted by Gasteiger charge is -2.13. The summed E-state index contributed by atoms with van der Waals surface area (Å²) in [5, 5.41) is 5.38. The Morgan fingerprint density at radius 3 is 1.70 bits per heavy atom. The van der Waals surface area contributed by atoms with E-state index in [1.54, 1.807) is 18.7 Å². The Bertz CT molecular complexity index is 2430. The summed E-state index contributed by atoms with van der Waals surface area (Å²) >= 11 is 0. The maximum absolute atomic E-state index is 4.95. The molecule has 0 aliphatic rings. The fourth-order valence-corrected chi connectivity index (χ4v) is 6.35. The van der Waals surface area contributed by atoms with Crippen molar-refractivity contribution in [3.63, 3.8) is 0 Å². The largest absolute Gasteiger partial charge is 0.307 e. The van der Waals surface area contributed by atoms with E-state index in [0.29, 0.717) is 0 Å². The third kappa shape index (κ3) is 2.71. The molecule has 5 aromatic carbocycles. The first kappa shape index (κ1) is 21.3. The molecule has 4 heterocycles. The molecule has 0 atom stereocenters. The molecule has 0 bridgehead atoms. The molecule has 0 spiro atoms. The fourth-order valence-electron chi connectivity index (χ4n) is 6.35. The molecule has 6 heteroatoms. The summed E-state index contributed by atoms with van der Waals surface area (Å²) in [5.41, 5.74) is 8.07. The van der Waals surface area contributed by atoms with Crippen LogP contribution in [0.3, 0.4) is 0 Å². The summed E-state index contributed by atoms with van der Waals surface area (Å²) in [4.78, 5) is 19.4. The lowest BCUT2D eigenvalue weighted by atomic mass is 10.1. The van der Waals surface area contributed by atoms with Gasteiger partial charge in [0.1, 0.15) is 12.1 Å². The van der Waals surface area contributed by atoms with Crippen molar-refractivity contribution in [1.82, 2.24) is 29.1 Å². The molecule has 9 rings (SSSR count). The summed E-state index contributed by atoms with van der Waals surface area (Å²) < 4.78 is 4.66. The van der Waals surface area contributed by atoms with Crippen LogP contribution in [0.15, 0.2) is 122 Å². The molecule has 0 unspecified atom stereocenters. The first-order valence-corrected chi connectivity index (χ1v) is 13.2. The highest BCUT2D eigenvalue weighted by molar-refractivity contribution is 6.35. The summed E-state index contributed by atoms with van der Waals surface area (Å²) in [6.45, 7) is 0. The molecule has 0 saturated heterocycles. The van der Waals surface area contributed by atoms with Crippen LogP contribution in [0, 0.1) is 0 Å². The number of rotatable bonds is 2. The standard InChI is InChI=1S/C34H20N6/c1-2-10-21(11-3-1)39-26-16-8-5-13-23(26)28-30-31(36-19-18-35-30)29-24-14-6-9-17-27(24)40(33(29)32(28)39)34-22-12-4-7-15-25(22)37-20-38-34/h1-20H. The number of para-hydroxylation sites is 4. The lowest BCUT2D eigenvalue weighted by Crippen LogP contribution is -2.02. The van der Waals surface area contributed by atoms with Crippen molar-refractivity contribution < 1.29 is 0 Å². The van der Waals surface area contributed by atoms with Crippen molar-refractivity contribution in [2.45, 2.75) is 0 Å². The van der Waals surface area contributed by atoms with Crippen LogP contribution in [0.4, 0.5) is 0 Å². The lowest BCUT2D eigenvalue weighted by molar-refractivity contribution is 1.07. The highest BCUT2D eigenvalue weighted by atomic mass is 15.1. The van der Waals surface area contributed by atoms with Crippen LogP contribution >= 0.6 is 0 Å². The molecular formula is C34H20N6. The molecule has 0 amide bonds. The third-order valence-electron chi connectivity index (χ3n) is 7.89. The van der Waals surface area contributed by atoms with Crippen LogP contribution in [0.5, 0.6) is 0 Å². The first-order chi connectivity index (χ1) is 19.9. The van der Waals surface area contributed by atoms with Gasteiger partial charge in [-0.3, -0.25) is 14.5 Å². The second-order valence-electron chi connectivity index (χ2n) is 9.96. The van der Waals surface area contributed by atoms with Gasteiger partial charge in [-0.2, -0.15) is 0 Å². The van der Waals surface area contributed by atoms with Crippen molar-refractivity contribution in [2.75, 3.05) is 0 Å². The zero-order chi connectivity index (χ0) is 26.2. The molecule has 0 radical (unpaired) electrons. The summed E-state index contributed by atoms with van der Waals surface area (Å²) in [6.07, 6.45) is 5.23. The Morgan fingerprint density at radius 2 is 1.00 bits per heavy atom. The van der Waals surface area contributed by atoms with Gasteiger partial charge in [-0.15, -0.1) is 0 Å². The monoisotopic (exact) mass is 512 g/mol.